The van der Waals surface area contributed by atoms with Crippen LogP contribution in [0.4, 0.5) is 5.95 Å². The minimum Gasteiger partial charge on any atom is -1.00 e. The molecule has 0 saturated carbocycles. The summed E-state index contributed by atoms with van der Waals surface area (Å²) < 4.78 is 1.92. The molecule has 2 heterocycles. The number of rotatable bonds is 1. The molecule has 0 amide bonds. The molecule has 1 aliphatic heterocycles. The van der Waals surface area contributed by atoms with E-state index in [1.807, 2.05) is 22.8 Å². The summed E-state index contributed by atoms with van der Waals surface area (Å²) in [5.41, 5.74) is 8.38. The van der Waals surface area contributed by atoms with Crippen molar-refractivity contribution in [1.29, 1.82) is 0 Å². The summed E-state index contributed by atoms with van der Waals surface area (Å²) in [4.78, 5) is 8.42. The molecular formula is C12H11BrN4. The molecule has 0 spiro atoms. The molecule has 5 heteroatoms. The van der Waals surface area contributed by atoms with Gasteiger partial charge in [-0.2, -0.15) is 0 Å². The summed E-state index contributed by atoms with van der Waals surface area (Å²) in [6, 6.07) is 9.89. The average Bonchev–Trinajstić information content (AvgIpc) is 2.69. The fraction of sp³-hybridized carbons (Fsp3) is 0.0833. The molecular weight excluding hydrogens is 280 g/mol. The number of halogens is 1. The van der Waals surface area contributed by atoms with E-state index in [2.05, 4.69) is 16.0 Å². The lowest BCUT2D eigenvalue weighted by Gasteiger charge is -1.97. The minimum absolute atomic E-state index is 0. The predicted molar refractivity (Wildman–Crippen MR) is 60.4 cm³/mol. The Hall–Kier alpha value is -1.75. The van der Waals surface area contributed by atoms with E-state index in [0.717, 1.165) is 17.9 Å². The Morgan fingerprint density at radius 3 is 2.47 bits per heavy atom. The van der Waals surface area contributed by atoms with Crippen LogP contribution in [-0.2, 0) is 6.54 Å². The monoisotopic (exact) mass is 290 g/mol. The van der Waals surface area contributed by atoms with Gasteiger partial charge in [0.25, 0.3) is 0 Å². The summed E-state index contributed by atoms with van der Waals surface area (Å²) in [6.07, 6.45) is 3.44. The molecule has 17 heavy (non-hydrogen) atoms. The van der Waals surface area contributed by atoms with Crippen molar-refractivity contribution in [2.75, 3.05) is 0 Å². The van der Waals surface area contributed by atoms with E-state index < -0.39 is 0 Å². The molecule has 0 bridgehead atoms. The number of nitrogens with two attached hydrogens (primary N) is 1. The molecule has 0 radical (unpaired) electrons. The molecule has 4 nitrogen and oxygen atoms in total. The SMILES string of the molecule is NC1=[N+](c2ncccn2)Cc2ccccc21.[Br-]. The van der Waals surface area contributed by atoms with Gasteiger partial charge < -0.3 is 22.7 Å². The van der Waals surface area contributed by atoms with E-state index in [9.17, 15) is 0 Å². The number of hydrogen-bond donors (Lipinski definition) is 1. The molecule has 0 unspecified atom stereocenters. The molecule has 1 aliphatic rings. The third-order valence-electron chi connectivity index (χ3n) is 2.71. The standard InChI is InChI=1S/C12H10N4.BrH/c13-11-10-5-2-1-4-9(10)8-16(11)12-14-6-3-7-15-12;/h1-7,13H,8H2;1H. The lowest BCUT2D eigenvalue weighted by atomic mass is 10.1. The molecule has 0 aliphatic carbocycles. The van der Waals surface area contributed by atoms with Gasteiger partial charge in [0.05, 0.1) is 18.9 Å². The number of amidine groups is 1. The third kappa shape index (κ3) is 1.93. The van der Waals surface area contributed by atoms with Crippen molar-refractivity contribution in [2.45, 2.75) is 6.54 Å². The number of fused-ring (bicyclic) bond motifs is 1. The molecule has 1 aromatic heterocycles. The van der Waals surface area contributed by atoms with E-state index in [-0.39, 0.29) is 17.0 Å². The largest absolute Gasteiger partial charge is 1.00 e. The zero-order valence-electron chi connectivity index (χ0n) is 9.05. The number of aromatic nitrogens is 2. The maximum absolute atomic E-state index is 6.09. The Morgan fingerprint density at radius 2 is 1.76 bits per heavy atom. The van der Waals surface area contributed by atoms with Gasteiger partial charge >= 0.3 is 5.95 Å². The number of benzene rings is 1. The first-order valence-electron chi connectivity index (χ1n) is 5.11. The fourth-order valence-electron chi connectivity index (χ4n) is 1.92. The van der Waals surface area contributed by atoms with Crippen LogP contribution in [0.1, 0.15) is 11.1 Å². The maximum Gasteiger partial charge on any atom is 0.385 e. The molecule has 2 aromatic rings. The van der Waals surface area contributed by atoms with Crippen molar-refractivity contribution in [1.82, 2.24) is 9.97 Å². The molecule has 1 aromatic carbocycles. The summed E-state index contributed by atoms with van der Waals surface area (Å²) in [5.74, 6) is 1.37. The van der Waals surface area contributed by atoms with Crippen molar-refractivity contribution < 1.29 is 21.6 Å². The Kier molecular flexibility index (Phi) is 3.19. The summed E-state index contributed by atoms with van der Waals surface area (Å²) in [5, 5.41) is 0. The Labute approximate surface area is 110 Å². The van der Waals surface area contributed by atoms with Crippen molar-refractivity contribution in [2.24, 2.45) is 5.73 Å². The Bertz CT molecular complexity index is 566. The van der Waals surface area contributed by atoms with Crippen LogP contribution in [-0.4, -0.2) is 20.4 Å². The molecule has 86 valence electrons. The first-order valence-corrected chi connectivity index (χ1v) is 5.11. The first kappa shape index (κ1) is 11.7. The van der Waals surface area contributed by atoms with E-state index in [4.69, 9.17) is 5.73 Å². The van der Waals surface area contributed by atoms with Crippen LogP contribution in [0.15, 0.2) is 42.7 Å². The van der Waals surface area contributed by atoms with E-state index in [0.29, 0.717) is 5.95 Å². The maximum atomic E-state index is 6.09. The quantitative estimate of drug-likeness (QED) is 0.621. The topological polar surface area (TPSA) is 54.8 Å². The highest BCUT2D eigenvalue weighted by Gasteiger charge is 2.24. The van der Waals surface area contributed by atoms with Crippen LogP contribution in [0, 0.1) is 0 Å². The Morgan fingerprint density at radius 1 is 1.06 bits per heavy atom. The second kappa shape index (κ2) is 4.63. The van der Waals surface area contributed by atoms with Gasteiger partial charge in [-0.05, 0) is 17.7 Å². The van der Waals surface area contributed by atoms with Gasteiger partial charge in [-0.1, -0.05) is 18.2 Å². The van der Waals surface area contributed by atoms with Crippen LogP contribution in [0.25, 0.3) is 0 Å². The van der Waals surface area contributed by atoms with E-state index in [1.54, 1.807) is 18.5 Å². The van der Waals surface area contributed by atoms with Gasteiger partial charge in [-0.3, -0.25) is 0 Å². The second-order valence-corrected chi connectivity index (χ2v) is 3.68. The zero-order chi connectivity index (χ0) is 11.0. The fourth-order valence-corrected chi connectivity index (χ4v) is 1.92. The van der Waals surface area contributed by atoms with Gasteiger partial charge in [-0.25, -0.2) is 4.58 Å². The van der Waals surface area contributed by atoms with Gasteiger partial charge in [0.1, 0.15) is 0 Å². The van der Waals surface area contributed by atoms with Crippen LogP contribution < -0.4 is 22.7 Å². The van der Waals surface area contributed by atoms with E-state index >= 15 is 0 Å². The van der Waals surface area contributed by atoms with Gasteiger partial charge in [-0.15, -0.1) is 9.97 Å². The van der Waals surface area contributed by atoms with Crippen LogP contribution in [0.2, 0.25) is 0 Å². The number of nitrogens with zero attached hydrogens (tertiary/aromatic N) is 3. The van der Waals surface area contributed by atoms with Crippen molar-refractivity contribution in [3.63, 3.8) is 0 Å². The lowest BCUT2D eigenvalue weighted by Crippen LogP contribution is -3.00. The summed E-state index contributed by atoms with van der Waals surface area (Å²) >= 11 is 0. The zero-order valence-corrected chi connectivity index (χ0v) is 10.6. The highest BCUT2D eigenvalue weighted by molar-refractivity contribution is 5.96. The number of hydrogen-bond acceptors (Lipinski definition) is 3. The second-order valence-electron chi connectivity index (χ2n) is 3.68. The normalized spacial score (nSPS) is 13.2. The molecule has 2 N–H and O–H groups in total. The van der Waals surface area contributed by atoms with Gasteiger partial charge in [0.2, 0.25) is 5.84 Å². The highest BCUT2D eigenvalue weighted by Crippen LogP contribution is 2.20. The summed E-state index contributed by atoms with van der Waals surface area (Å²) in [6.45, 7) is 0.742. The van der Waals surface area contributed by atoms with Crippen molar-refractivity contribution >= 4 is 11.8 Å². The molecule has 3 rings (SSSR count). The van der Waals surface area contributed by atoms with Crippen LogP contribution in [0.5, 0.6) is 0 Å². The highest BCUT2D eigenvalue weighted by atomic mass is 79.9. The molecule has 0 saturated heterocycles. The van der Waals surface area contributed by atoms with Crippen LogP contribution >= 0.6 is 0 Å². The van der Waals surface area contributed by atoms with Gasteiger partial charge in [0.15, 0.2) is 0 Å². The summed E-state index contributed by atoms with van der Waals surface area (Å²) in [7, 11) is 0. The van der Waals surface area contributed by atoms with Crippen molar-refractivity contribution in [3.05, 3.63) is 53.9 Å². The van der Waals surface area contributed by atoms with Gasteiger partial charge in [0, 0.05) is 5.56 Å². The minimum atomic E-state index is 0. The smallest absolute Gasteiger partial charge is 0.385 e. The Balaban J connectivity index is 0.00000108. The first-order chi connectivity index (χ1) is 7.86. The average molecular weight is 291 g/mol. The molecule has 0 atom stereocenters. The van der Waals surface area contributed by atoms with Crippen LogP contribution in [0.3, 0.4) is 0 Å². The molecule has 0 fully saturated rings. The van der Waals surface area contributed by atoms with E-state index in [1.165, 1.54) is 5.56 Å². The van der Waals surface area contributed by atoms with Crippen molar-refractivity contribution in [3.8, 4) is 0 Å². The lowest BCUT2D eigenvalue weighted by molar-refractivity contribution is -0.461. The third-order valence-corrected chi connectivity index (χ3v) is 2.71. The predicted octanol–water partition coefficient (Wildman–Crippen LogP) is -1.96.